The van der Waals surface area contributed by atoms with E-state index in [0.717, 1.165) is 24.8 Å². The van der Waals surface area contributed by atoms with Crippen molar-refractivity contribution >= 4 is 17.3 Å². The quantitative estimate of drug-likeness (QED) is 0.781. The fourth-order valence-electron chi connectivity index (χ4n) is 2.25. The predicted molar refractivity (Wildman–Crippen MR) is 70.3 cm³/mol. The van der Waals surface area contributed by atoms with Gasteiger partial charge in [0.15, 0.2) is 0 Å². The molecule has 1 saturated heterocycles. The highest BCUT2D eigenvalue weighted by Crippen LogP contribution is 2.26. The van der Waals surface area contributed by atoms with Crippen LogP contribution in [0.1, 0.15) is 18.9 Å². The first-order valence-corrected chi connectivity index (χ1v) is 6.32. The Hall–Kier alpha value is -0.730. The van der Waals surface area contributed by atoms with Crippen molar-refractivity contribution in [1.82, 2.24) is 4.90 Å². The average Bonchev–Trinajstić information content (AvgIpc) is 2.32. The smallest absolute Gasteiger partial charge is 0.0707 e. The van der Waals surface area contributed by atoms with Gasteiger partial charge >= 0.3 is 0 Å². The van der Waals surface area contributed by atoms with Crippen molar-refractivity contribution in [3.8, 4) is 0 Å². The maximum absolute atomic E-state index is 6.07. The standard InChI is InChI=1S/C13H19ClN2/c1-3-15-7-4-8-16(10-15)13-9-12(14)6-5-11(13)2/h5-6,9H,3-4,7-8,10H2,1-2H3. The van der Waals surface area contributed by atoms with Gasteiger partial charge in [-0.15, -0.1) is 0 Å². The molecule has 0 saturated carbocycles. The summed E-state index contributed by atoms with van der Waals surface area (Å²) >= 11 is 6.07. The molecule has 2 nitrogen and oxygen atoms in total. The summed E-state index contributed by atoms with van der Waals surface area (Å²) in [5.41, 5.74) is 2.59. The maximum Gasteiger partial charge on any atom is 0.0707 e. The molecule has 0 aromatic heterocycles. The molecule has 1 aliphatic heterocycles. The SMILES string of the molecule is CCN1CCCN(c2cc(Cl)ccc2C)C1. The number of halogens is 1. The fraction of sp³-hybridized carbons (Fsp3) is 0.538. The first-order valence-electron chi connectivity index (χ1n) is 5.94. The van der Waals surface area contributed by atoms with Crippen LogP contribution in [0.2, 0.25) is 5.02 Å². The average molecular weight is 239 g/mol. The van der Waals surface area contributed by atoms with Gasteiger partial charge in [-0.25, -0.2) is 0 Å². The molecule has 3 heteroatoms. The lowest BCUT2D eigenvalue weighted by atomic mass is 10.1. The Balaban J connectivity index is 2.19. The predicted octanol–water partition coefficient (Wildman–Crippen LogP) is 3.14. The van der Waals surface area contributed by atoms with Crippen molar-refractivity contribution in [2.75, 3.05) is 31.2 Å². The van der Waals surface area contributed by atoms with Crippen molar-refractivity contribution in [1.29, 1.82) is 0 Å². The van der Waals surface area contributed by atoms with E-state index < -0.39 is 0 Å². The van der Waals surface area contributed by atoms with E-state index >= 15 is 0 Å². The Bertz CT molecular complexity index is 365. The van der Waals surface area contributed by atoms with Gasteiger partial charge in [-0.05, 0) is 37.6 Å². The normalized spacial score (nSPS) is 17.8. The van der Waals surface area contributed by atoms with E-state index in [9.17, 15) is 0 Å². The van der Waals surface area contributed by atoms with Gasteiger partial charge < -0.3 is 4.90 Å². The number of hydrogen-bond donors (Lipinski definition) is 0. The van der Waals surface area contributed by atoms with Crippen molar-refractivity contribution in [2.24, 2.45) is 0 Å². The summed E-state index contributed by atoms with van der Waals surface area (Å²) in [6.07, 6.45) is 1.24. The highest BCUT2D eigenvalue weighted by molar-refractivity contribution is 6.30. The van der Waals surface area contributed by atoms with Gasteiger partial charge in [0.05, 0.1) is 6.67 Å². The molecule has 0 amide bonds. The largest absolute Gasteiger partial charge is 0.358 e. The van der Waals surface area contributed by atoms with Crippen LogP contribution in [0.25, 0.3) is 0 Å². The Morgan fingerprint density at radius 1 is 1.31 bits per heavy atom. The van der Waals surface area contributed by atoms with E-state index in [2.05, 4.69) is 35.8 Å². The van der Waals surface area contributed by atoms with Crippen LogP contribution in [0.4, 0.5) is 5.69 Å². The molecule has 0 unspecified atom stereocenters. The lowest BCUT2D eigenvalue weighted by Crippen LogP contribution is -2.44. The molecule has 0 spiro atoms. The molecule has 1 aliphatic rings. The second-order valence-electron chi connectivity index (χ2n) is 4.40. The lowest BCUT2D eigenvalue weighted by Gasteiger charge is -2.37. The number of anilines is 1. The van der Waals surface area contributed by atoms with Gasteiger partial charge in [-0.1, -0.05) is 24.6 Å². The summed E-state index contributed by atoms with van der Waals surface area (Å²) in [6, 6.07) is 6.14. The molecular formula is C13H19ClN2. The van der Waals surface area contributed by atoms with Gasteiger partial charge in [0, 0.05) is 23.8 Å². The summed E-state index contributed by atoms with van der Waals surface area (Å²) in [7, 11) is 0. The summed E-state index contributed by atoms with van der Waals surface area (Å²) in [5, 5.41) is 0.828. The van der Waals surface area contributed by atoms with Crippen LogP contribution in [-0.2, 0) is 0 Å². The van der Waals surface area contributed by atoms with Gasteiger partial charge in [-0.3, -0.25) is 4.90 Å². The zero-order chi connectivity index (χ0) is 11.5. The second kappa shape index (κ2) is 5.07. The summed E-state index contributed by atoms with van der Waals surface area (Å²) in [6.45, 7) is 8.86. The number of hydrogen-bond acceptors (Lipinski definition) is 2. The number of benzene rings is 1. The van der Waals surface area contributed by atoms with Gasteiger partial charge in [0.1, 0.15) is 0 Å². The van der Waals surface area contributed by atoms with Crippen molar-refractivity contribution in [3.05, 3.63) is 28.8 Å². The Kier molecular flexibility index (Phi) is 3.72. The zero-order valence-electron chi connectivity index (χ0n) is 10.0. The van der Waals surface area contributed by atoms with Crippen molar-refractivity contribution in [3.63, 3.8) is 0 Å². The molecule has 1 aromatic rings. The number of nitrogens with zero attached hydrogens (tertiary/aromatic N) is 2. The summed E-state index contributed by atoms with van der Waals surface area (Å²) in [4.78, 5) is 4.89. The monoisotopic (exact) mass is 238 g/mol. The van der Waals surface area contributed by atoms with Gasteiger partial charge in [0.2, 0.25) is 0 Å². The minimum absolute atomic E-state index is 0.828. The van der Waals surface area contributed by atoms with Gasteiger partial charge in [-0.2, -0.15) is 0 Å². The van der Waals surface area contributed by atoms with Crippen LogP contribution in [0, 0.1) is 6.92 Å². The highest BCUT2D eigenvalue weighted by atomic mass is 35.5. The third-order valence-corrected chi connectivity index (χ3v) is 3.47. The van der Waals surface area contributed by atoms with E-state index in [4.69, 9.17) is 11.6 Å². The molecule has 0 N–H and O–H groups in total. The van der Waals surface area contributed by atoms with E-state index in [0.29, 0.717) is 0 Å². The summed E-state index contributed by atoms with van der Waals surface area (Å²) < 4.78 is 0. The van der Waals surface area contributed by atoms with E-state index in [1.807, 2.05) is 6.07 Å². The molecule has 2 rings (SSSR count). The molecular weight excluding hydrogens is 220 g/mol. The van der Waals surface area contributed by atoms with Crippen LogP contribution in [0.15, 0.2) is 18.2 Å². The molecule has 88 valence electrons. The Labute approximate surface area is 103 Å². The van der Waals surface area contributed by atoms with Gasteiger partial charge in [0.25, 0.3) is 0 Å². The third-order valence-electron chi connectivity index (χ3n) is 3.23. The Morgan fingerprint density at radius 2 is 2.12 bits per heavy atom. The third kappa shape index (κ3) is 2.50. The fourth-order valence-corrected chi connectivity index (χ4v) is 2.41. The molecule has 0 atom stereocenters. The van der Waals surface area contributed by atoms with E-state index in [-0.39, 0.29) is 0 Å². The van der Waals surface area contributed by atoms with E-state index in [1.54, 1.807) is 0 Å². The number of rotatable bonds is 2. The van der Waals surface area contributed by atoms with Crippen LogP contribution in [0.3, 0.4) is 0 Å². The van der Waals surface area contributed by atoms with Crippen molar-refractivity contribution < 1.29 is 0 Å². The molecule has 16 heavy (non-hydrogen) atoms. The number of aryl methyl sites for hydroxylation is 1. The molecule has 1 fully saturated rings. The first-order chi connectivity index (χ1) is 7.70. The van der Waals surface area contributed by atoms with Crippen LogP contribution < -0.4 is 4.90 Å². The molecule has 0 aliphatic carbocycles. The molecule has 1 aromatic carbocycles. The zero-order valence-corrected chi connectivity index (χ0v) is 10.8. The summed E-state index contributed by atoms with van der Waals surface area (Å²) in [5.74, 6) is 0. The minimum Gasteiger partial charge on any atom is -0.358 e. The molecule has 1 heterocycles. The van der Waals surface area contributed by atoms with Crippen LogP contribution >= 0.6 is 11.6 Å². The van der Waals surface area contributed by atoms with Crippen molar-refractivity contribution in [2.45, 2.75) is 20.3 Å². The lowest BCUT2D eigenvalue weighted by molar-refractivity contribution is 0.253. The maximum atomic E-state index is 6.07. The van der Waals surface area contributed by atoms with E-state index in [1.165, 1.54) is 24.2 Å². The molecule has 0 radical (unpaired) electrons. The highest BCUT2D eigenvalue weighted by Gasteiger charge is 2.17. The molecule has 0 bridgehead atoms. The minimum atomic E-state index is 0.828. The Morgan fingerprint density at radius 3 is 2.88 bits per heavy atom. The first kappa shape index (κ1) is 11.7. The van der Waals surface area contributed by atoms with Crippen LogP contribution in [0.5, 0.6) is 0 Å². The second-order valence-corrected chi connectivity index (χ2v) is 4.84. The topological polar surface area (TPSA) is 6.48 Å². The van der Waals surface area contributed by atoms with Crippen LogP contribution in [-0.4, -0.2) is 31.2 Å².